The van der Waals surface area contributed by atoms with E-state index in [0.29, 0.717) is 0 Å². The predicted octanol–water partition coefficient (Wildman–Crippen LogP) is -1.93. The average molecular weight is 207 g/mol. The average Bonchev–Trinajstić information content (AvgIpc) is 1.60. The summed E-state index contributed by atoms with van der Waals surface area (Å²) in [5.74, 6) is 0. The summed E-state index contributed by atoms with van der Waals surface area (Å²) in [6.07, 6.45) is 0. The molecule has 0 heterocycles. The van der Waals surface area contributed by atoms with Crippen LogP contribution in [-0.2, 0) is 13.3 Å². The monoisotopic (exact) mass is 207 g/mol. The van der Waals surface area contributed by atoms with Gasteiger partial charge in [0.05, 0.1) is 0 Å². The molecule has 1 unspecified atom stereocenters. The van der Waals surface area contributed by atoms with Crippen LogP contribution in [0.2, 0.25) is 0 Å². The van der Waals surface area contributed by atoms with Gasteiger partial charge in [-0.2, -0.15) is 0 Å². The van der Waals surface area contributed by atoms with Gasteiger partial charge in [-0.3, -0.25) is 0 Å². The van der Waals surface area contributed by atoms with E-state index in [1.165, 1.54) is 0 Å². The highest BCUT2D eigenvalue weighted by Gasteiger charge is 2.27. The molecule has 0 amide bonds. The Morgan fingerprint density at radius 2 is 1.70 bits per heavy atom. The normalized spacial score (nSPS) is 18.7. The smallest absolute Gasteiger partial charge is 0.351 e. The molecule has 10 heteroatoms. The highest BCUT2D eigenvalue weighted by Crippen LogP contribution is 2.47. The summed E-state index contributed by atoms with van der Waals surface area (Å²) in [6, 6.07) is 0. The van der Waals surface area contributed by atoms with Crippen molar-refractivity contribution in [3.05, 3.63) is 0 Å². The molecule has 0 bridgehead atoms. The molecule has 0 aromatic heterocycles. The first-order chi connectivity index (χ1) is 4.27. The van der Waals surface area contributed by atoms with E-state index < -0.39 is 15.5 Å². The molecule has 4 N–H and O–H groups in total. The van der Waals surface area contributed by atoms with Crippen molar-refractivity contribution in [3.8, 4) is 0 Å². The first-order valence-electron chi connectivity index (χ1n) is 2.00. The molecule has 0 spiro atoms. The van der Waals surface area contributed by atoms with Crippen LogP contribution in [-0.4, -0.2) is 25.2 Å². The van der Waals surface area contributed by atoms with Gasteiger partial charge in [-0.05, 0) is 0 Å². The van der Waals surface area contributed by atoms with Crippen LogP contribution in [0.15, 0.2) is 0 Å². The molecule has 0 aromatic rings. The predicted molar refractivity (Wildman–Crippen MR) is 36.0 cm³/mol. The van der Waals surface area contributed by atoms with Crippen LogP contribution in [0.1, 0.15) is 0 Å². The van der Waals surface area contributed by atoms with Crippen LogP contribution >= 0.6 is 15.5 Å². The Balaban J connectivity index is 4.17. The molecule has 0 saturated carbocycles. The fourth-order valence-electron chi connectivity index (χ4n) is 0.205. The SMILES string of the molecule is O=P(O)(O)NP(=O)(O)O[SiH3]. The Morgan fingerprint density at radius 3 is 1.80 bits per heavy atom. The molecule has 1 atom stereocenters. The van der Waals surface area contributed by atoms with Crippen LogP contribution in [0.25, 0.3) is 0 Å². The van der Waals surface area contributed by atoms with E-state index in [2.05, 4.69) is 4.21 Å². The van der Waals surface area contributed by atoms with Crippen molar-refractivity contribution >= 4 is 26.0 Å². The lowest BCUT2D eigenvalue weighted by Gasteiger charge is -2.10. The third-order valence-corrected chi connectivity index (χ3v) is 4.54. The molecule has 0 aliphatic carbocycles. The lowest BCUT2D eigenvalue weighted by Crippen LogP contribution is -2.07. The summed E-state index contributed by atoms with van der Waals surface area (Å²) >= 11 is 0. The molecule has 0 aliphatic rings. The summed E-state index contributed by atoms with van der Waals surface area (Å²) in [6.45, 7) is 0. The third-order valence-electron chi connectivity index (χ3n) is 0.504. The molecule has 62 valence electrons. The molecular formula is H7NO6P2Si. The molecule has 0 rings (SSSR count). The maximum absolute atomic E-state index is 10.4. The summed E-state index contributed by atoms with van der Waals surface area (Å²) in [4.78, 5) is 25.7. The topological polar surface area (TPSA) is 116 Å². The Morgan fingerprint density at radius 1 is 1.30 bits per heavy atom. The van der Waals surface area contributed by atoms with Gasteiger partial charge in [-0.15, -0.1) is 4.86 Å². The summed E-state index contributed by atoms with van der Waals surface area (Å²) in [7, 11) is -8.99. The highest BCUT2D eigenvalue weighted by molar-refractivity contribution is 7.66. The second-order valence-corrected chi connectivity index (χ2v) is 5.74. The molecule has 0 fully saturated rings. The summed E-state index contributed by atoms with van der Waals surface area (Å²) in [5.41, 5.74) is 0. The Labute approximate surface area is 59.8 Å². The molecular weight excluding hydrogens is 200 g/mol. The first kappa shape index (κ1) is 10.5. The van der Waals surface area contributed by atoms with Crippen molar-refractivity contribution in [1.29, 1.82) is 0 Å². The highest BCUT2D eigenvalue weighted by atomic mass is 31.3. The van der Waals surface area contributed by atoms with E-state index in [-0.39, 0.29) is 10.5 Å². The van der Waals surface area contributed by atoms with Crippen molar-refractivity contribution in [2.24, 2.45) is 0 Å². The molecule has 0 aliphatic heterocycles. The van der Waals surface area contributed by atoms with Crippen molar-refractivity contribution in [2.45, 2.75) is 0 Å². The van der Waals surface area contributed by atoms with E-state index in [4.69, 9.17) is 14.7 Å². The van der Waals surface area contributed by atoms with Gasteiger partial charge in [0.2, 0.25) is 0 Å². The largest absolute Gasteiger partial charge is 0.409 e. The van der Waals surface area contributed by atoms with Gasteiger partial charge in [0, 0.05) is 0 Å². The Kier molecular flexibility index (Phi) is 3.40. The molecule has 10 heavy (non-hydrogen) atoms. The zero-order chi connectivity index (χ0) is 8.41. The van der Waals surface area contributed by atoms with Gasteiger partial charge in [0.1, 0.15) is 0 Å². The summed E-state index contributed by atoms with van der Waals surface area (Å²) in [5, 5.41) is 0. The van der Waals surface area contributed by atoms with Gasteiger partial charge in [-0.1, -0.05) is 0 Å². The van der Waals surface area contributed by atoms with Crippen molar-refractivity contribution in [1.82, 2.24) is 4.86 Å². The van der Waals surface area contributed by atoms with Crippen LogP contribution in [0.4, 0.5) is 0 Å². The molecule has 0 aromatic carbocycles. The van der Waals surface area contributed by atoms with E-state index in [1.807, 2.05) is 0 Å². The van der Waals surface area contributed by atoms with Gasteiger partial charge in [0.15, 0.2) is 10.5 Å². The van der Waals surface area contributed by atoms with Gasteiger partial charge >= 0.3 is 15.5 Å². The van der Waals surface area contributed by atoms with Gasteiger partial charge < -0.3 is 18.9 Å². The van der Waals surface area contributed by atoms with E-state index in [9.17, 15) is 9.13 Å². The lowest BCUT2D eigenvalue weighted by atomic mass is 13.9. The van der Waals surface area contributed by atoms with Crippen LogP contribution in [0.5, 0.6) is 0 Å². The molecule has 0 radical (unpaired) electrons. The number of hydrogen-bond acceptors (Lipinski definition) is 3. The van der Waals surface area contributed by atoms with Gasteiger partial charge in [-0.25, -0.2) is 9.13 Å². The van der Waals surface area contributed by atoms with Crippen LogP contribution < -0.4 is 4.86 Å². The second-order valence-electron chi connectivity index (χ2n) is 1.35. The number of hydrogen-bond donors (Lipinski definition) is 4. The van der Waals surface area contributed by atoms with E-state index in [0.717, 1.165) is 4.86 Å². The maximum Gasteiger partial charge on any atom is 0.409 e. The zero-order valence-corrected chi connectivity index (χ0v) is 8.75. The maximum atomic E-state index is 10.4. The van der Waals surface area contributed by atoms with Crippen molar-refractivity contribution in [2.75, 3.05) is 0 Å². The first-order valence-corrected chi connectivity index (χ1v) is 6.01. The molecule has 7 nitrogen and oxygen atoms in total. The Hall–Kier alpha value is 0.477. The lowest BCUT2D eigenvalue weighted by molar-refractivity contribution is 0.347. The third kappa shape index (κ3) is 5.28. The van der Waals surface area contributed by atoms with Crippen LogP contribution in [0.3, 0.4) is 0 Å². The van der Waals surface area contributed by atoms with Crippen LogP contribution in [0, 0.1) is 0 Å². The standard InChI is InChI=1S/H7NO6P2Si/c2-8(3,4)1-9(5,6)7-10/h10H3,(H4,1,2,3,4,5,6). The van der Waals surface area contributed by atoms with E-state index >= 15 is 0 Å². The van der Waals surface area contributed by atoms with Crippen molar-refractivity contribution in [3.63, 3.8) is 0 Å². The fraction of sp³-hybridized carbons (Fsp3) is 0. The Bertz CT molecular complexity index is 194. The summed E-state index contributed by atoms with van der Waals surface area (Å²) < 4.78 is 24.3. The minimum atomic E-state index is -4.67. The quantitative estimate of drug-likeness (QED) is 0.314. The van der Waals surface area contributed by atoms with E-state index in [1.54, 1.807) is 0 Å². The fourth-order valence-corrected chi connectivity index (χ4v) is 2.58. The molecule has 0 saturated heterocycles. The zero-order valence-electron chi connectivity index (χ0n) is 4.96. The minimum absolute atomic E-state index is 0.0782. The van der Waals surface area contributed by atoms with Crippen molar-refractivity contribution < 1.29 is 28.0 Å². The second kappa shape index (κ2) is 3.25. The number of nitrogens with one attached hydrogen (secondary N) is 1. The minimum Gasteiger partial charge on any atom is -0.351 e. The number of rotatable bonds is 3. The van der Waals surface area contributed by atoms with Gasteiger partial charge in [0.25, 0.3) is 0 Å².